The van der Waals surface area contributed by atoms with Gasteiger partial charge < -0.3 is 9.15 Å². The molecule has 158 valence electrons. The van der Waals surface area contributed by atoms with E-state index in [1.54, 1.807) is 48.5 Å². The molecule has 0 radical (unpaired) electrons. The third-order valence-electron chi connectivity index (χ3n) is 4.83. The zero-order chi connectivity index (χ0) is 22.3. The molecule has 0 aliphatic rings. The molecule has 0 N–H and O–H groups in total. The van der Waals surface area contributed by atoms with Crippen LogP contribution in [-0.2, 0) is 9.84 Å². The fourth-order valence-corrected chi connectivity index (χ4v) is 4.63. The molecule has 0 amide bonds. The molecule has 8 heteroatoms. The number of benzene rings is 3. The van der Waals surface area contributed by atoms with Gasteiger partial charge in [-0.05, 0) is 54.1 Å². The smallest absolute Gasteiger partial charge is 0.201 e. The lowest BCUT2D eigenvalue weighted by molar-refractivity contribution is 0.415. The molecule has 0 unspecified atom stereocenters. The van der Waals surface area contributed by atoms with Gasteiger partial charge in [-0.3, -0.25) is 4.79 Å². The van der Waals surface area contributed by atoms with E-state index in [-0.39, 0.29) is 31.7 Å². The molecule has 0 bridgehead atoms. The number of rotatable bonds is 4. The third-order valence-corrected chi connectivity index (χ3v) is 6.52. The van der Waals surface area contributed by atoms with Crippen molar-refractivity contribution in [1.82, 2.24) is 0 Å². The molecule has 0 saturated heterocycles. The van der Waals surface area contributed by atoms with Crippen molar-refractivity contribution in [2.75, 3.05) is 13.4 Å². The summed E-state index contributed by atoms with van der Waals surface area (Å²) in [5.41, 5.74) is 1.40. The van der Waals surface area contributed by atoms with Gasteiger partial charge in [0.25, 0.3) is 0 Å². The highest BCUT2D eigenvalue weighted by Crippen LogP contribution is 2.40. The Hall–Kier alpha value is -2.80. The number of sulfone groups is 1. The van der Waals surface area contributed by atoms with E-state index in [4.69, 9.17) is 32.4 Å². The quantitative estimate of drug-likeness (QED) is 0.371. The van der Waals surface area contributed by atoms with Gasteiger partial charge in [-0.25, -0.2) is 8.42 Å². The van der Waals surface area contributed by atoms with E-state index < -0.39 is 9.84 Å². The minimum Gasteiger partial charge on any atom is -0.494 e. The zero-order valence-electron chi connectivity index (χ0n) is 16.5. The number of hydrogen-bond acceptors (Lipinski definition) is 5. The minimum absolute atomic E-state index is 0.163. The van der Waals surface area contributed by atoms with Gasteiger partial charge in [0.1, 0.15) is 11.3 Å². The molecule has 5 nitrogen and oxygen atoms in total. The monoisotopic (exact) mass is 474 g/mol. The van der Waals surface area contributed by atoms with Crippen molar-refractivity contribution in [3.63, 3.8) is 0 Å². The van der Waals surface area contributed by atoms with Crippen molar-refractivity contribution in [3.8, 4) is 28.2 Å². The van der Waals surface area contributed by atoms with E-state index in [1.165, 1.54) is 19.2 Å². The van der Waals surface area contributed by atoms with Gasteiger partial charge in [-0.1, -0.05) is 35.3 Å². The van der Waals surface area contributed by atoms with Crippen molar-refractivity contribution < 1.29 is 17.6 Å². The van der Waals surface area contributed by atoms with Crippen molar-refractivity contribution in [2.45, 2.75) is 4.90 Å². The van der Waals surface area contributed by atoms with Gasteiger partial charge in [0.05, 0.1) is 33.0 Å². The van der Waals surface area contributed by atoms with Crippen LogP contribution in [0, 0.1) is 0 Å². The highest BCUT2D eigenvalue weighted by Gasteiger charge is 2.21. The lowest BCUT2D eigenvalue weighted by Gasteiger charge is -2.13. The van der Waals surface area contributed by atoms with Crippen molar-refractivity contribution in [1.29, 1.82) is 0 Å². The zero-order valence-corrected chi connectivity index (χ0v) is 18.8. The second-order valence-corrected chi connectivity index (χ2v) is 9.73. The molecule has 4 aromatic rings. The Morgan fingerprint density at radius 1 is 0.903 bits per heavy atom. The number of ether oxygens (including phenoxy) is 1. The first-order valence-electron chi connectivity index (χ1n) is 9.10. The fraction of sp³-hybridized carbons (Fsp3) is 0.0870. The van der Waals surface area contributed by atoms with Crippen molar-refractivity contribution >= 4 is 44.0 Å². The summed E-state index contributed by atoms with van der Waals surface area (Å²) in [6.07, 6.45) is 1.13. The molecule has 3 aromatic carbocycles. The predicted octanol–water partition coefficient (Wildman–Crippen LogP) is 5.85. The van der Waals surface area contributed by atoms with Crippen LogP contribution in [0.4, 0.5) is 0 Å². The largest absolute Gasteiger partial charge is 0.494 e. The summed E-state index contributed by atoms with van der Waals surface area (Å²) in [6.45, 7) is 0. The van der Waals surface area contributed by atoms with Crippen LogP contribution >= 0.6 is 23.2 Å². The Kier molecular flexibility index (Phi) is 5.56. The van der Waals surface area contributed by atoms with Crippen LogP contribution < -0.4 is 10.2 Å². The summed E-state index contributed by atoms with van der Waals surface area (Å²) in [7, 11) is -1.92. The summed E-state index contributed by atoms with van der Waals surface area (Å²) >= 11 is 12.6. The maximum Gasteiger partial charge on any atom is 0.201 e. The van der Waals surface area contributed by atoms with Gasteiger partial charge in [-0.15, -0.1) is 0 Å². The second kappa shape index (κ2) is 8.04. The highest BCUT2D eigenvalue weighted by molar-refractivity contribution is 7.90. The number of para-hydroxylation sites is 1. The van der Waals surface area contributed by atoms with E-state index in [1.807, 2.05) is 0 Å². The number of hydrogen-bond donors (Lipinski definition) is 0. The van der Waals surface area contributed by atoms with Crippen molar-refractivity contribution in [2.24, 2.45) is 0 Å². The molecule has 0 saturated carbocycles. The lowest BCUT2D eigenvalue weighted by Crippen LogP contribution is -2.08. The molecule has 1 aromatic heterocycles. The SMILES string of the molecule is COc1c(Cl)cc(-c2c(-c3ccc(S(C)(=O)=O)cc3)oc3ccccc3c2=O)cc1Cl. The third kappa shape index (κ3) is 3.94. The Morgan fingerprint density at radius 2 is 1.52 bits per heavy atom. The molecule has 0 spiro atoms. The molecule has 1 heterocycles. The van der Waals surface area contributed by atoms with Gasteiger partial charge in [0, 0.05) is 11.8 Å². The molecular weight excluding hydrogens is 459 g/mol. The summed E-state index contributed by atoms with van der Waals surface area (Å²) in [6, 6.07) is 16.2. The average Bonchev–Trinajstić information content (AvgIpc) is 2.73. The molecule has 0 fully saturated rings. The Morgan fingerprint density at radius 3 is 2.10 bits per heavy atom. The average molecular weight is 475 g/mol. The first-order valence-corrected chi connectivity index (χ1v) is 11.7. The summed E-state index contributed by atoms with van der Waals surface area (Å²) in [5.74, 6) is 0.581. The number of methoxy groups -OCH3 is 1. The highest BCUT2D eigenvalue weighted by atomic mass is 35.5. The van der Waals surface area contributed by atoms with E-state index in [0.29, 0.717) is 27.8 Å². The van der Waals surface area contributed by atoms with Gasteiger partial charge in [-0.2, -0.15) is 0 Å². The first-order chi connectivity index (χ1) is 14.7. The molecule has 0 atom stereocenters. The Labute approximate surface area is 188 Å². The normalized spacial score (nSPS) is 11.6. The maximum atomic E-state index is 13.5. The summed E-state index contributed by atoms with van der Waals surface area (Å²) in [4.78, 5) is 13.6. The molecule has 0 aliphatic heterocycles. The standard InChI is InChI=1S/C23H16Cl2O5S/c1-29-23-17(24)11-14(12-18(23)25)20-21(26)16-5-3-4-6-19(16)30-22(20)13-7-9-15(10-8-13)31(2,27)28/h3-12H,1-2H3. The van der Waals surface area contributed by atoms with Crippen LogP contribution in [-0.4, -0.2) is 21.8 Å². The van der Waals surface area contributed by atoms with Crippen LogP contribution in [0.2, 0.25) is 10.0 Å². The fourth-order valence-electron chi connectivity index (χ4n) is 3.36. The van der Waals surface area contributed by atoms with E-state index in [9.17, 15) is 13.2 Å². The van der Waals surface area contributed by atoms with E-state index in [0.717, 1.165) is 6.26 Å². The van der Waals surface area contributed by atoms with E-state index in [2.05, 4.69) is 0 Å². The van der Waals surface area contributed by atoms with Gasteiger partial charge in [0.2, 0.25) is 5.43 Å². The summed E-state index contributed by atoms with van der Waals surface area (Å²) < 4.78 is 35.0. The Bertz CT molecular complexity index is 1450. The van der Waals surface area contributed by atoms with Crippen LogP contribution in [0.15, 0.2) is 74.8 Å². The molecule has 4 rings (SSSR count). The lowest BCUT2D eigenvalue weighted by atomic mass is 9.98. The second-order valence-electron chi connectivity index (χ2n) is 6.90. The molecular formula is C23H16Cl2O5S. The molecule has 31 heavy (non-hydrogen) atoms. The van der Waals surface area contributed by atoms with Crippen LogP contribution in [0.5, 0.6) is 5.75 Å². The van der Waals surface area contributed by atoms with Gasteiger partial charge >= 0.3 is 0 Å². The van der Waals surface area contributed by atoms with Crippen LogP contribution in [0.1, 0.15) is 0 Å². The van der Waals surface area contributed by atoms with E-state index >= 15 is 0 Å². The van der Waals surface area contributed by atoms with Crippen LogP contribution in [0.3, 0.4) is 0 Å². The van der Waals surface area contributed by atoms with Crippen molar-refractivity contribution in [3.05, 3.63) is 80.9 Å². The Balaban J connectivity index is 2.05. The molecule has 0 aliphatic carbocycles. The topological polar surface area (TPSA) is 73.6 Å². The van der Waals surface area contributed by atoms with Crippen LogP contribution in [0.25, 0.3) is 33.4 Å². The summed E-state index contributed by atoms with van der Waals surface area (Å²) in [5, 5.41) is 0.893. The number of fused-ring (bicyclic) bond motifs is 1. The predicted molar refractivity (Wildman–Crippen MR) is 123 cm³/mol. The van der Waals surface area contributed by atoms with Gasteiger partial charge in [0.15, 0.2) is 15.6 Å². The minimum atomic E-state index is -3.37. The number of halogens is 2. The maximum absolute atomic E-state index is 13.5. The first kappa shape index (κ1) is 21.4.